The number of nitrogen functional groups attached to an aromatic ring is 1. The number of nitrogens with zero attached hydrogens (tertiary/aromatic N) is 2. The second-order valence-electron chi connectivity index (χ2n) is 5.60. The summed E-state index contributed by atoms with van der Waals surface area (Å²) in [6, 6.07) is 9.99. The molecule has 1 fully saturated rings. The highest BCUT2D eigenvalue weighted by atomic mass is 31.2. The van der Waals surface area contributed by atoms with Crippen LogP contribution in [0.3, 0.4) is 0 Å². The number of aromatic nitrogens is 2. The van der Waals surface area contributed by atoms with Crippen molar-refractivity contribution in [2.24, 2.45) is 5.50 Å². The average molecular weight is 386 g/mol. The van der Waals surface area contributed by atoms with Crippen LogP contribution in [-0.4, -0.2) is 28.2 Å². The van der Waals surface area contributed by atoms with Gasteiger partial charge in [-0.05, 0) is 18.2 Å². The summed E-state index contributed by atoms with van der Waals surface area (Å²) in [5, 5.41) is 0. The molecule has 0 bridgehead atoms. The van der Waals surface area contributed by atoms with Gasteiger partial charge < -0.3 is 19.5 Å². The third-order valence-electron chi connectivity index (χ3n) is 3.61. The highest BCUT2D eigenvalue weighted by Crippen LogP contribution is 2.43. The van der Waals surface area contributed by atoms with Crippen LogP contribution in [0.4, 0.5) is 14.6 Å². The Morgan fingerprint density at radius 1 is 1.35 bits per heavy atom. The molecule has 1 saturated heterocycles. The van der Waals surface area contributed by atoms with Gasteiger partial charge in [0.1, 0.15) is 11.6 Å². The standard InChI is InChI=1S/C15H17F2N4O4P/c16-15(17)8-11(9-23-26(19)25-10-4-2-1-3-5-10)24-13(15)21-7-6-12(18)20-14(21)22/h1-7,11,13H,8-9,19H2,(H2,18,20,22)/t11?,13-,26?/m1/s1. The largest absolute Gasteiger partial charge is 0.436 e. The molecule has 11 heteroatoms. The van der Waals surface area contributed by atoms with E-state index in [0.29, 0.717) is 10.3 Å². The number of hydrogen-bond donors (Lipinski definition) is 2. The van der Waals surface area contributed by atoms with Gasteiger partial charge in [0.05, 0.1) is 12.7 Å². The molecule has 0 saturated carbocycles. The molecule has 3 atom stereocenters. The number of halogens is 2. The minimum atomic E-state index is -3.27. The number of alkyl halides is 2. The van der Waals surface area contributed by atoms with Gasteiger partial charge in [0.25, 0.3) is 5.92 Å². The second-order valence-corrected chi connectivity index (χ2v) is 6.61. The molecular weight excluding hydrogens is 369 g/mol. The summed E-state index contributed by atoms with van der Waals surface area (Å²) in [4.78, 5) is 15.2. The molecule has 2 heterocycles. The highest BCUT2D eigenvalue weighted by molar-refractivity contribution is 7.44. The van der Waals surface area contributed by atoms with Gasteiger partial charge in [-0.2, -0.15) is 4.98 Å². The van der Waals surface area contributed by atoms with Crippen LogP contribution in [0.1, 0.15) is 12.6 Å². The van der Waals surface area contributed by atoms with Crippen molar-refractivity contribution in [3.63, 3.8) is 0 Å². The predicted molar refractivity (Wildman–Crippen MR) is 90.5 cm³/mol. The fourth-order valence-corrected chi connectivity index (χ4v) is 3.17. The number of hydrogen-bond acceptors (Lipinski definition) is 7. The topological polar surface area (TPSA) is 115 Å². The van der Waals surface area contributed by atoms with Crippen molar-refractivity contribution in [2.75, 3.05) is 12.3 Å². The Morgan fingerprint density at radius 3 is 2.77 bits per heavy atom. The van der Waals surface area contributed by atoms with Gasteiger partial charge in [-0.15, -0.1) is 0 Å². The molecule has 4 N–H and O–H groups in total. The summed E-state index contributed by atoms with van der Waals surface area (Å²) in [6.45, 7) is -0.196. The molecule has 3 rings (SSSR count). The van der Waals surface area contributed by atoms with E-state index in [1.54, 1.807) is 24.3 Å². The summed E-state index contributed by atoms with van der Waals surface area (Å²) in [5.41, 5.74) is 10.2. The average Bonchev–Trinajstić information content (AvgIpc) is 2.88. The van der Waals surface area contributed by atoms with E-state index in [1.165, 1.54) is 6.07 Å². The van der Waals surface area contributed by atoms with Gasteiger partial charge in [-0.25, -0.2) is 13.6 Å². The second kappa shape index (κ2) is 7.63. The molecule has 2 aromatic rings. The minimum Gasteiger partial charge on any atom is -0.436 e. The maximum absolute atomic E-state index is 14.2. The SMILES string of the molecule is Nc1ccn([C@@H]2OC(COP(N)Oc3ccccc3)CC2(F)F)c(=O)n1. The normalized spacial score (nSPS) is 22.9. The monoisotopic (exact) mass is 386 g/mol. The molecule has 0 radical (unpaired) electrons. The van der Waals surface area contributed by atoms with E-state index < -0.39 is 38.9 Å². The van der Waals surface area contributed by atoms with Gasteiger partial charge >= 0.3 is 14.2 Å². The Morgan fingerprint density at radius 2 is 2.08 bits per heavy atom. The number of rotatable bonds is 6. The van der Waals surface area contributed by atoms with E-state index in [0.717, 1.165) is 6.20 Å². The first kappa shape index (κ1) is 18.7. The van der Waals surface area contributed by atoms with E-state index in [-0.39, 0.29) is 12.4 Å². The van der Waals surface area contributed by atoms with Crippen molar-refractivity contribution in [1.82, 2.24) is 9.55 Å². The van der Waals surface area contributed by atoms with Gasteiger partial charge in [0, 0.05) is 12.6 Å². The quantitative estimate of drug-likeness (QED) is 0.730. The maximum atomic E-state index is 14.2. The summed E-state index contributed by atoms with van der Waals surface area (Å²) in [7, 11) is -1.81. The molecule has 140 valence electrons. The smallest absolute Gasteiger partial charge is 0.351 e. The first-order valence-corrected chi connectivity index (χ1v) is 8.88. The number of para-hydroxylation sites is 1. The molecule has 2 unspecified atom stereocenters. The van der Waals surface area contributed by atoms with Gasteiger partial charge in [-0.3, -0.25) is 10.1 Å². The fourth-order valence-electron chi connectivity index (χ4n) is 2.47. The fraction of sp³-hybridized carbons (Fsp3) is 0.333. The van der Waals surface area contributed by atoms with Crippen LogP contribution >= 0.6 is 8.53 Å². The maximum Gasteiger partial charge on any atom is 0.351 e. The lowest BCUT2D eigenvalue weighted by atomic mass is 10.2. The third-order valence-corrected chi connectivity index (χ3v) is 4.41. The van der Waals surface area contributed by atoms with E-state index in [2.05, 4.69) is 4.98 Å². The Hall–Kier alpha value is -2.13. The number of benzene rings is 1. The lowest BCUT2D eigenvalue weighted by Crippen LogP contribution is -2.35. The van der Waals surface area contributed by atoms with E-state index >= 15 is 0 Å². The van der Waals surface area contributed by atoms with Gasteiger partial charge in [0.2, 0.25) is 6.23 Å². The van der Waals surface area contributed by atoms with Crippen LogP contribution in [0.15, 0.2) is 47.4 Å². The van der Waals surface area contributed by atoms with Crippen molar-refractivity contribution < 1.29 is 22.6 Å². The van der Waals surface area contributed by atoms with Crippen molar-refractivity contribution in [1.29, 1.82) is 0 Å². The number of anilines is 1. The molecule has 0 aliphatic carbocycles. The van der Waals surface area contributed by atoms with Crippen LogP contribution < -0.4 is 21.5 Å². The summed E-state index contributed by atoms with van der Waals surface area (Å²) in [5.74, 6) is -2.82. The Labute approximate surface area is 148 Å². The van der Waals surface area contributed by atoms with Gasteiger partial charge in [-0.1, -0.05) is 18.2 Å². The van der Waals surface area contributed by atoms with Crippen molar-refractivity contribution in [3.05, 3.63) is 53.1 Å². The van der Waals surface area contributed by atoms with E-state index in [4.69, 9.17) is 25.0 Å². The van der Waals surface area contributed by atoms with Crippen molar-refractivity contribution in [2.45, 2.75) is 24.7 Å². The van der Waals surface area contributed by atoms with E-state index in [1.807, 2.05) is 6.07 Å². The number of nitrogens with two attached hydrogens (primary N) is 2. The molecule has 0 amide bonds. The first-order valence-electron chi connectivity index (χ1n) is 7.64. The Balaban J connectivity index is 1.60. The van der Waals surface area contributed by atoms with Crippen LogP contribution in [0.5, 0.6) is 5.75 Å². The van der Waals surface area contributed by atoms with Crippen LogP contribution in [0.2, 0.25) is 0 Å². The van der Waals surface area contributed by atoms with Crippen molar-refractivity contribution in [3.8, 4) is 5.75 Å². The third kappa shape index (κ3) is 4.34. The lowest BCUT2D eigenvalue weighted by molar-refractivity contribution is -0.119. The zero-order valence-electron chi connectivity index (χ0n) is 13.5. The summed E-state index contributed by atoms with van der Waals surface area (Å²) >= 11 is 0. The number of ether oxygens (including phenoxy) is 1. The van der Waals surface area contributed by atoms with Crippen LogP contribution in [0.25, 0.3) is 0 Å². The van der Waals surface area contributed by atoms with Gasteiger partial charge in [0.15, 0.2) is 0 Å². The molecule has 1 aliphatic heterocycles. The van der Waals surface area contributed by atoms with Crippen molar-refractivity contribution >= 4 is 14.3 Å². The molecule has 26 heavy (non-hydrogen) atoms. The summed E-state index contributed by atoms with van der Waals surface area (Å²) < 4.78 is 45.1. The first-order chi connectivity index (χ1) is 12.3. The Kier molecular flexibility index (Phi) is 5.47. The zero-order valence-corrected chi connectivity index (χ0v) is 14.4. The molecular formula is C15H17F2N4O4P. The molecule has 1 aromatic heterocycles. The molecule has 8 nitrogen and oxygen atoms in total. The lowest BCUT2D eigenvalue weighted by Gasteiger charge is -2.19. The van der Waals surface area contributed by atoms with Crippen LogP contribution in [-0.2, 0) is 9.26 Å². The molecule has 1 aliphatic rings. The predicted octanol–water partition coefficient (Wildman–Crippen LogP) is 2.03. The molecule has 1 aromatic carbocycles. The summed E-state index contributed by atoms with van der Waals surface area (Å²) in [6.07, 6.45) is -2.23. The Bertz CT molecular complexity index is 808. The van der Waals surface area contributed by atoms with E-state index in [9.17, 15) is 13.6 Å². The molecule has 0 spiro atoms. The van der Waals surface area contributed by atoms with Crippen LogP contribution in [0, 0.1) is 0 Å². The minimum absolute atomic E-state index is 0.0562. The zero-order chi connectivity index (χ0) is 18.7. The highest BCUT2D eigenvalue weighted by Gasteiger charge is 2.52.